The number of nitrogens with zero attached hydrogens (tertiary/aromatic N) is 1. The van der Waals surface area contributed by atoms with E-state index in [1.807, 2.05) is 0 Å². The fourth-order valence-electron chi connectivity index (χ4n) is 2.36. The zero-order valence-electron chi connectivity index (χ0n) is 11.2. The van der Waals surface area contributed by atoms with Crippen LogP contribution >= 0.6 is 0 Å². The van der Waals surface area contributed by atoms with Crippen molar-refractivity contribution < 1.29 is 27.9 Å². The lowest BCUT2D eigenvalue weighted by molar-refractivity contribution is -0.183. The van der Waals surface area contributed by atoms with Crippen LogP contribution in [0.15, 0.2) is 0 Å². The van der Waals surface area contributed by atoms with E-state index in [0.717, 1.165) is 0 Å². The summed E-state index contributed by atoms with van der Waals surface area (Å²) >= 11 is 0. The molecule has 1 aliphatic rings. The molecule has 1 rings (SSSR count). The van der Waals surface area contributed by atoms with E-state index in [2.05, 4.69) is 5.32 Å². The molecule has 0 saturated heterocycles. The van der Waals surface area contributed by atoms with E-state index in [1.54, 1.807) is 0 Å². The Hall–Kier alpha value is -1.47. The van der Waals surface area contributed by atoms with Gasteiger partial charge in [-0.3, -0.25) is 4.79 Å². The number of urea groups is 1. The van der Waals surface area contributed by atoms with Crippen LogP contribution in [0.3, 0.4) is 0 Å². The van der Waals surface area contributed by atoms with Gasteiger partial charge in [0.15, 0.2) is 0 Å². The number of carboxylic acids is 1. The summed E-state index contributed by atoms with van der Waals surface area (Å²) in [5, 5.41) is 10.9. The van der Waals surface area contributed by atoms with Gasteiger partial charge in [-0.15, -0.1) is 0 Å². The first-order chi connectivity index (χ1) is 9.21. The van der Waals surface area contributed by atoms with Gasteiger partial charge in [0.1, 0.15) is 0 Å². The Bertz CT molecular complexity index is 352. The van der Waals surface area contributed by atoms with Crippen molar-refractivity contribution in [3.05, 3.63) is 0 Å². The van der Waals surface area contributed by atoms with Crippen molar-refractivity contribution in [3.63, 3.8) is 0 Å². The van der Waals surface area contributed by atoms with Crippen molar-refractivity contribution in [1.29, 1.82) is 0 Å². The molecule has 0 atom stereocenters. The minimum absolute atomic E-state index is 0.0103. The lowest BCUT2D eigenvalue weighted by atomic mass is 9.85. The van der Waals surface area contributed by atoms with E-state index in [4.69, 9.17) is 5.11 Å². The molecule has 20 heavy (non-hydrogen) atoms. The molecule has 0 aliphatic heterocycles. The highest BCUT2D eigenvalue weighted by molar-refractivity contribution is 5.75. The molecule has 2 amide bonds. The molecule has 2 N–H and O–H groups in total. The monoisotopic (exact) mass is 296 g/mol. The summed E-state index contributed by atoms with van der Waals surface area (Å²) in [6.07, 6.45) is -3.66. The fourth-order valence-corrected chi connectivity index (χ4v) is 2.36. The van der Waals surface area contributed by atoms with Crippen LogP contribution < -0.4 is 5.32 Å². The molecule has 0 radical (unpaired) electrons. The van der Waals surface area contributed by atoms with Crippen LogP contribution in [0.5, 0.6) is 0 Å². The number of rotatable bonds is 4. The topological polar surface area (TPSA) is 69.6 Å². The first-order valence-corrected chi connectivity index (χ1v) is 6.51. The highest BCUT2D eigenvalue weighted by atomic mass is 19.4. The van der Waals surface area contributed by atoms with Crippen LogP contribution in [-0.2, 0) is 4.79 Å². The maximum atomic E-state index is 12.5. The number of nitrogens with one attached hydrogen (secondary N) is 1. The maximum Gasteiger partial charge on any atom is 0.391 e. The van der Waals surface area contributed by atoms with Gasteiger partial charge in [-0.1, -0.05) is 0 Å². The van der Waals surface area contributed by atoms with Gasteiger partial charge in [-0.25, -0.2) is 4.79 Å². The average molecular weight is 296 g/mol. The van der Waals surface area contributed by atoms with Gasteiger partial charge in [0, 0.05) is 19.6 Å². The Balaban J connectivity index is 2.36. The normalized spacial score (nSPS) is 23.2. The second kappa shape index (κ2) is 6.81. The number of carbonyl (C=O) groups is 2. The average Bonchev–Trinajstić information content (AvgIpc) is 2.36. The third kappa shape index (κ3) is 4.90. The van der Waals surface area contributed by atoms with Gasteiger partial charge in [-0.05, 0) is 25.7 Å². The molecule has 1 saturated carbocycles. The van der Waals surface area contributed by atoms with Crippen molar-refractivity contribution in [2.75, 3.05) is 13.6 Å². The lowest BCUT2D eigenvalue weighted by Crippen LogP contribution is -2.46. The van der Waals surface area contributed by atoms with E-state index >= 15 is 0 Å². The number of amides is 2. The molecule has 5 nitrogen and oxygen atoms in total. The fraction of sp³-hybridized carbons (Fsp3) is 0.833. The summed E-state index contributed by atoms with van der Waals surface area (Å²) in [7, 11) is 1.52. The predicted octanol–water partition coefficient (Wildman–Crippen LogP) is 2.22. The van der Waals surface area contributed by atoms with Crippen LogP contribution in [0.25, 0.3) is 0 Å². The van der Waals surface area contributed by atoms with Crippen LogP contribution in [0.1, 0.15) is 32.1 Å². The molecule has 0 bridgehead atoms. The first-order valence-electron chi connectivity index (χ1n) is 6.51. The van der Waals surface area contributed by atoms with Gasteiger partial charge < -0.3 is 15.3 Å². The van der Waals surface area contributed by atoms with Crippen LogP contribution in [0.2, 0.25) is 0 Å². The van der Waals surface area contributed by atoms with Crippen LogP contribution in [0.4, 0.5) is 18.0 Å². The second-order valence-electron chi connectivity index (χ2n) is 5.03. The maximum absolute atomic E-state index is 12.5. The Kier molecular flexibility index (Phi) is 5.64. The zero-order chi connectivity index (χ0) is 15.3. The minimum atomic E-state index is -4.16. The van der Waals surface area contributed by atoms with E-state index in [-0.39, 0.29) is 31.8 Å². The number of hydrogen-bond donors (Lipinski definition) is 2. The summed E-state index contributed by atoms with van der Waals surface area (Å²) in [6.45, 7) is 0.0103. The largest absolute Gasteiger partial charge is 0.481 e. The second-order valence-corrected chi connectivity index (χ2v) is 5.03. The number of hydrogen-bond acceptors (Lipinski definition) is 2. The summed E-state index contributed by atoms with van der Waals surface area (Å²) in [5.41, 5.74) is 0. The molecular weight excluding hydrogens is 277 g/mol. The molecule has 0 aromatic carbocycles. The van der Waals surface area contributed by atoms with Crippen LogP contribution in [-0.4, -0.2) is 47.8 Å². The summed E-state index contributed by atoms with van der Waals surface area (Å²) in [5.74, 6) is -2.29. The van der Waals surface area contributed by atoms with Gasteiger partial charge >= 0.3 is 18.2 Å². The third-order valence-corrected chi connectivity index (χ3v) is 3.64. The van der Waals surface area contributed by atoms with E-state index in [1.165, 1.54) is 11.9 Å². The number of aliphatic carboxylic acids is 1. The molecule has 0 aromatic rings. The summed E-state index contributed by atoms with van der Waals surface area (Å²) in [4.78, 5) is 23.4. The lowest BCUT2D eigenvalue weighted by Gasteiger charge is -2.35. The van der Waals surface area contributed by atoms with Crippen molar-refractivity contribution in [1.82, 2.24) is 10.2 Å². The minimum Gasteiger partial charge on any atom is -0.481 e. The molecule has 1 aliphatic carbocycles. The van der Waals surface area contributed by atoms with Gasteiger partial charge in [-0.2, -0.15) is 13.2 Å². The zero-order valence-corrected chi connectivity index (χ0v) is 11.2. The molecule has 0 aromatic heterocycles. The molecule has 0 spiro atoms. The van der Waals surface area contributed by atoms with Gasteiger partial charge in [0.2, 0.25) is 0 Å². The molecule has 116 valence electrons. The van der Waals surface area contributed by atoms with Crippen molar-refractivity contribution in [3.8, 4) is 0 Å². The Morgan fingerprint density at radius 2 is 1.80 bits per heavy atom. The highest BCUT2D eigenvalue weighted by Gasteiger charge is 2.42. The van der Waals surface area contributed by atoms with E-state index in [0.29, 0.717) is 12.8 Å². The Labute approximate surface area is 115 Å². The van der Waals surface area contributed by atoms with Crippen molar-refractivity contribution in [2.24, 2.45) is 5.92 Å². The molecular formula is C12H19F3N2O3. The smallest absolute Gasteiger partial charge is 0.391 e. The summed E-state index contributed by atoms with van der Waals surface area (Å²) in [6, 6.07) is -0.667. The SMILES string of the molecule is CN(C(=O)NCCC(=O)O)C1CCC(C(F)(F)F)CC1. The number of carbonyl (C=O) groups excluding carboxylic acids is 1. The number of carboxylic acid groups (broad SMARTS) is 1. The van der Waals surface area contributed by atoms with E-state index in [9.17, 15) is 22.8 Å². The number of alkyl halides is 3. The molecule has 8 heteroatoms. The van der Waals surface area contributed by atoms with Crippen LogP contribution in [0, 0.1) is 5.92 Å². The molecule has 0 unspecified atom stereocenters. The highest BCUT2D eigenvalue weighted by Crippen LogP contribution is 2.38. The quantitative estimate of drug-likeness (QED) is 0.835. The molecule has 1 fully saturated rings. The Morgan fingerprint density at radius 3 is 2.25 bits per heavy atom. The van der Waals surface area contributed by atoms with Crippen molar-refractivity contribution in [2.45, 2.75) is 44.3 Å². The number of halogens is 3. The van der Waals surface area contributed by atoms with Crippen molar-refractivity contribution >= 4 is 12.0 Å². The van der Waals surface area contributed by atoms with E-state index < -0.39 is 24.1 Å². The predicted molar refractivity (Wildman–Crippen MR) is 65.2 cm³/mol. The third-order valence-electron chi connectivity index (χ3n) is 3.64. The standard InChI is InChI=1S/C12H19F3N2O3/c1-17(11(20)16-7-6-10(18)19)9-4-2-8(3-5-9)12(13,14)15/h8-9H,2-7H2,1H3,(H,16,20)(H,18,19). The Morgan fingerprint density at radius 1 is 1.25 bits per heavy atom. The molecule has 0 heterocycles. The summed E-state index contributed by atoms with van der Waals surface area (Å²) < 4.78 is 37.6. The van der Waals surface area contributed by atoms with Gasteiger partial charge in [0.25, 0.3) is 0 Å². The van der Waals surface area contributed by atoms with Gasteiger partial charge in [0.05, 0.1) is 12.3 Å². The first kappa shape index (κ1) is 16.6.